The van der Waals surface area contributed by atoms with Crippen molar-refractivity contribution in [2.75, 3.05) is 19.8 Å². The summed E-state index contributed by atoms with van der Waals surface area (Å²) in [5.74, 6) is 0.907. The maximum absolute atomic E-state index is 5.46. The van der Waals surface area contributed by atoms with E-state index in [9.17, 15) is 0 Å². The smallest absolute Gasteiger partial charge is 0.0590 e. The van der Waals surface area contributed by atoms with E-state index in [0.717, 1.165) is 32.1 Å². The van der Waals surface area contributed by atoms with Crippen LogP contribution in [-0.2, 0) is 4.74 Å². The maximum Gasteiger partial charge on any atom is 0.0590 e. The predicted octanol–water partition coefficient (Wildman–Crippen LogP) is 2.97. The van der Waals surface area contributed by atoms with Gasteiger partial charge in [0.05, 0.1) is 6.61 Å². The molecule has 1 aliphatic carbocycles. The number of nitrogens with one attached hydrogen (secondary N) is 1. The largest absolute Gasteiger partial charge is 0.380 e. The van der Waals surface area contributed by atoms with Crippen molar-refractivity contribution >= 4 is 0 Å². The van der Waals surface area contributed by atoms with Crippen LogP contribution in [0.15, 0.2) is 0 Å². The molecular formula is C13H27NO. The highest BCUT2D eigenvalue weighted by atomic mass is 16.5. The molecule has 0 spiro atoms. The van der Waals surface area contributed by atoms with Gasteiger partial charge in [0.25, 0.3) is 0 Å². The molecule has 1 rings (SSSR count). The van der Waals surface area contributed by atoms with Gasteiger partial charge in [0, 0.05) is 19.2 Å². The molecule has 0 aromatic carbocycles. The van der Waals surface area contributed by atoms with Crippen molar-refractivity contribution in [3.05, 3.63) is 0 Å². The van der Waals surface area contributed by atoms with Crippen molar-refractivity contribution in [2.45, 2.75) is 58.4 Å². The quantitative estimate of drug-likeness (QED) is 0.656. The lowest BCUT2D eigenvalue weighted by atomic mass is 9.84. The second-order valence-corrected chi connectivity index (χ2v) is 4.75. The van der Waals surface area contributed by atoms with E-state index in [2.05, 4.69) is 19.2 Å². The molecule has 0 heterocycles. The van der Waals surface area contributed by atoms with Crippen LogP contribution in [0.5, 0.6) is 0 Å². The second kappa shape index (κ2) is 8.12. The molecule has 90 valence electrons. The molecule has 2 nitrogen and oxygen atoms in total. The summed E-state index contributed by atoms with van der Waals surface area (Å²) >= 11 is 0. The molecule has 0 radical (unpaired) electrons. The fourth-order valence-corrected chi connectivity index (χ4v) is 2.41. The molecule has 2 heteroatoms. The molecule has 15 heavy (non-hydrogen) atoms. The maximum atomic E-state index is 5.46. The van der Waals surface area contributed by atoms with Crippen molar-refractivity contribution in [3.8, 4) is 0 Å². The Labute approximate surface area is 94.8 Å². The summed E-state index contributed by atoms with van der Waals surface area (Å²) in [5.41, 5.74) is 0. The summed E-state index contributed by atoms with van der Waals surface area (Å²) < 4.78 is 5.46. The number of ether oxygens (including phenoxy) is 1. The molecule has 0 aliphatic heterocycles. The second-order valence-electron chi connectivity index (χ2n) is 4.75. The lowest BCUT2D eigenvalue weighted by molar-refractivity contribution is 0.131. The first-order valence-corrected chi connectivity index (χ1v) is 6.65. The number of rotatable bonds is 7. The zero-order chi connectivity index (χ0) is 10.9. The van der Waals surface area contributed by atoms with E-state index < -0.39 is 0 Å². The van der Waals surface area contributed by atoms with Crippen LogP contribution in [0.3, 0.4) is 0 Å². The molecule has 0 saturated heterocycles. The number of hydrogen-bond donors (Lipinski definition) is 1. The summed E-state index contributed by atoms with van der Waals surface area (Å²) in [6.07, 6.45) is 8.28. The molecule has 1 atom stereocenters. The molecule has 0 unspecified atom stereocenters. The molecular weight excluding hydrogens is 186 g/mol. The SMILES string of the molecule is CCCOCCN[C@@H](C)C1CCCCC1. The van der Waals surface area contributed by atoms with Crippen molar-refractivity contribution < 1.29 is 4.74 Å². The van der Waals surface area contributed by atoms with E-state index in [0.29, 0.717) is 6.04 Å². The normalized spacial score (nSPS) is 20.4. The first-order chi connectivity index (χ1) is 7.34. The zero-order valence-electron chi connectivity index (χ0n) is 10.4. The molecule has 1 saturated carbocycles. The minimum Gasteiger partial charge on any atom is -0.380 e. The minimum absolute atomic E-state index is 0.676. The van der Waals surface area contributed by atoms with E-state index >= 15 is 0 Å². The van der Waals surface area contributed by atoms with E-state index in [1.807, 2.05) is 0 Å². The Bertz CT molecular complexity index is 143. The van der Waals surface area contributed by atoms with Gasteiger partial charge < -0.3 is 10.1 Å². The van der Waals surface area contributed by atoms with Gasteiger partial charge in [0.15, 0.2) is 0 Å². The van der Waals surface area contributed by atoms with Crippen molar-refractivity contribution in [1.29, 1.82) is 0 Å². The van der Waals surface area contributed by atoms with Crippen LogP contribution in [-0.4, -0.2) is 25.8 Å². The number of hydrogen-bond acceptors (Lipinski definition) is 2. The molecule has 1 fully saturated rings. The Kier molecular flexibility index (Phi) is 7.03. The Morgan fingerprint density at radius 2 is 1.93 bits per heavy atom. The topological polar surface area (TPSA) is 21.3 Å². The molecule has 0 bridgehead atoms. The van der Waals surface area contributed by atoms with Gasteiger partial charge in [-0.2, -0.15) is 0 Å². The van der Waals surface area contributed by atoms with Gasteiger partial charge in [0.2, 0.25) is 0 Å². The van der Waals surface area contributed by atoms with E-state index in [4.69, 9.17) is 4.74 Å². The van der Waals surface area contributed by atoms with Crippen molar-refractivity contribution in [2.24, 2.45) is 5.92 Å². The lowest BCUT2D eigenvalue weighted by Gasteiger charge is -2.28. The van der Waals surface area contributed by atoms with Crippen LogP contribution in [0.4, 0.5) is 0 Å². The van der Waals surface area contributed by atoms with E-state index in [1.165, 1.54) is 32.1 Å². The molecule has 0 amide bonds. The Morgan fingerprint density at radius 3 is 2.60 bits per heavy atom. The van der Waals surface area contributed by atoms with Crippen molar-refractivity contribution in [3.63, 3.8) is 0 Å². The van der Waals surface area contributed by atoms with E-state index in [1.54, 1.807) is 0 Å². The summed E-state index contributed by atoms with van der Waals surface area (Å²) in [6.45, 7) is 7.26. The molecule has 1 N–H and O–H groups in total. The molecule has 1 aliphatic rings. The monoisotopic (exact) mass is 213 g/mol. The Balaban J connectivity index is 1.99. The third-order valence-electron chi connectivity index (χ3n) is 3.42. The third-order valence-corrected chi connectivity index (χ3v) is 3.42. The van der Waals surface area contributed by atoms with Crippen LogP contribution >= 0.6 is 0 Å². The van der Waals surface area contributed by atoms with Gasteiger partial charge in [-0.25, -0.2) is 0 Å². The van der Waals surface area contributed by atoms with Gasteiger partial charge in [-0.15, -0.1) is 0 Å². The summed E-state index contributed by atoms with van der Waals surface area (Å²) in [7, 11) is 0. The van der Waals surface area contributed by atoms with Gasteiger partial charge in [-0.1, -0.05) is 26.2 Å². The minimum atomic E-state index is 0.676. The Morgan fingerprint density at radius 1 is 1.20 bits per heavy atom. The van der Waals surface area contributed by atoms with Gasteiger partial charge in [0.1, 0.15) is 0 Å². The van der Waals surface area contributed by atoms with Gasteiger partial charge in [-0.05, 0) is 32.1 Å². The van der Waals surface area contributed by atoms with Crippen molar-refractivity contribution in [1.82, 2.24) is 5.32 Å². The average Bonchev–Trinajstić information content (AvgIpc) is 2.30. The molecule has 0 aromatic rings. The van der Waals surface area contributed by atoms with Crippen LogP contribution in [0.2, 0.25) is 0 Å². The summed E-state index contributed by atoms with van der Waals surface area (Å²) in [4.78, 5) is 0. The Hall–Kier alpha value is -0.0800. The van der Waals surface area contributed by atoms with Gasteiger partial charge in [-0.3, -0.25) is 0 Å². The summed E-state index contributed by atoms with van der Waals surface area (Å²) in [6, 6.07) is 0.676. The fourth-order valence-electron chi connectivity index (χ4n) is 2.41. The lowest BCUT2D eigenvalue weighted by Crippen LogP contribution is -2.36. The highest BCUT2D eigenvalue weighted by Crippen LogP contribution is 2.26. The third kappa shape index (κ3) is 5.53. The summed E-state index contributed by atoms with van der Waals surface area (Å²) in [5, 5.41) is 3.59. The average molecular weight is 213 g/mol. The van der Waals surface area contributed by atoms with Gasteiger partial charge >= 0.3 is 0 Å². The highest BCUT2D eigenvalue weighted by molar-refractivity contribution is 4.75. The van der Waals surface area contributed by atoms with Crippen LogP contribution < -0.4 is 5.32 Å². The first-order valence-electron chi connectivity index (χ1n) is 6.65. The van der Waals surface area contributed by atoms with Crippen LogP contribution in [0.1, 0.15) is 52.4 Å². The highest BCUT2D eigenvalue weighted by Gasteiger charge is 2.18. The van der Waals surface area contributed by atoms with Crippen LogP contribution in [0.25, 0.3) is 0 Å². The fraction of sp³-hybridized carbons (Fsp3) is 1.00. The zero-order valence-corrected chi connectivity index (χ0v) is 10.4. The standard InChI is InChI=1S/C13H27NO/c1-3-10-15-11-9-14-12(2)13-7-5-4-6-8-13/h12-14H,3-11H2,1-2H3/t12-/m0/s1. The first kappa shape index (κ1) is 13.0. The molecule has 0 aromatic heterocycles. The predicted molar refractivity (Wildman–Crippen MR) is 65.1 cm³/mol. The van der Waals surface area contributed by atoms with Crippen LogP contribution in [0, 0.1) is 5.92 Å². The van der Waals surface area contributed by atoms with E-state index in [-0.39, 0.29) is 0 Å².